The molecule has 0 aliphatic heterocycles. The molecule has 0 aliphatic carbocycles. The summed E-state index contributed by atoms with van der Waals surface area (Å²) in [4.78, 5) is 0. The molecule has 2 rings (SSSR count). The fourth-order valence-corrected chi connectivity index (χ4v) is 2.22. The molecule has 19 heavy (non-hydrogen) atoms. The van der Waals surface area contributed by atoms with Crippen molar-refractivity contribution in [3.63, 3.8) is 0 Å². The highest BCUT2D eigenvalue weighted by molar-refractivity contribution is 6.31. The summed E-state index contributed by atoms with van der Waals surface area (Å²) < 4.78 is 27.2. The van der Waals surface area contributed by atoms with Gasteiger partial charge in [-0.25, -0.2) is 8.78 Å². The minimum Gasteiger partial charge on any atom is -0.388 e. The van der Waals surface area contributed by atoms with Gasteiger partial charge < -0.3 is 5.11 Å². The van der Waals surface area contributed by atoms with Gasteiger partial charge in [-0.1, -0.05) is 29.3 Å². The zero-order chi connectivity index (χ0) is 14.0. The van der Waals surface area contributed by atoms with E-state index in [0.717, 1.165) is 6.07 Å². The second kappa shape index (κ2) is 5.87. The van der Waals surface area contributed by atoms with Crippen molar-refractivity contribution in [3.8, 4) is 0 Å². The molecule has 0 amide bonds. The van der Waals surface area contributed by atoms with Gasteiger partial charge in [0.05, 0.1) is 6.10 Å². The van der Waals surface area contributed by atoms with Crippen molar-refractivity contribution < 1.29 is 13.9 Å². The van der Waals surface area contributed by atoms with Crippen LogP contribution in [0.4, 0.5) is 8.78 Å². The quantitative estimate of drug-likeness (QED) is 0.882. The van der Waals surface area contributed by atoms with Gasteiger partial charge in [-0.15, -0.1) is 0 Å². The zero-order valence-electron chi connectivity index (χ0n) is 9.71. The lowest BCUT2D eigenvalue weighted by molar-refractivity contribution is 0.172. The summed E-state index contributed by atoms with van der Waals surface area (Å²) in [7, 11) is 0. The number of aliphatic hydroxyl groups is 1. The molecule has 0 aliphatic rings. The SMILES string of the molecule is OC(Cc1c(F)cccc1Cl)c1cc(Cl)ccc1F. The van der Waals surface area contributed by atoms with Crippen LogP contribution in [0.5, 0.6) is 0 Å². The lowest BCUT2D eigenvalue weighted by Gasteiger charge is -2.14. The normalized spacial score (nSPS) is 12.5. The summed E-state index contributed by atoms with van der Waals surface area (Å²) in [6.07, 6.45) is -1.34. The van der Waals surface area contributed by atoms with E-state index in [1.54, 1.807) is 0 Å². The third kappa shape index (κ3) is 3.24. The van der Waals surface area contributed by atoms with Gasteiger partial charge in [-0.05, 0) is 30.3 Å². The molecule has 0 aromatic heterocycles. The van der Waals surface area contributed by atoms with Crippen LogP contribution in [0.1, 0.15) is 17.2 Å². The Hall–Kier alpha value is -1.16. The van der Waals surface area contributed by atoms with E-state index >= 15 is 0 Å². The first kappa shape index (κ1) is 14.3. The molecule has 2 aromatic rings. The Balaban J connectivity index is 2.31. The molecule has 0 saturated heterocycles. The maximum Gasteiger partial charge on any atom is 0.129 e. The Morgan fingerprint density at radius 1 is 1.05 bits per heavy atom. The number of aliphatic hydroxyl groups excluding tert-OH is 1. The summed E-state index contributed by atoms with van der Waals surface area (Å²) in [6, 6.07) is 8.07. The van der Waals surface area contributed by atoms with Crippen molar-refractivity contribution in [2.24, 2.45) is 0 Å². The molecule has 1 nitrogen and oxygen atoms in total. The first-order valence-electron chi connectivity index (χ1n) is 5.55. The Kier molecular flexibility index (Phi) is 4.40. The van der Waals surface area contributed by atoms with Crippen LogP contribution in [0.25, 0.3) is 0 Å². The van der Waals surface area contributed by atoms with E-state index in [-0.39, 0.29) is 22.6 Å². The lowest BCUT2D eigenvalue weighted by Crippen LogP contribution is -2.06. The van der Waals surface area contributed by atoms with E-state index in [9.17, 15) is 13.9 Å². The van der Waals surface area contributed by atoms with E-state index in [1.807, 2.05) is 0 Å². The smallest absolute Gasteiger partial charge is 0.129 e. The van der Waals surface area contributed by atoms with Crippen molar-refractivity contribution in [3.05, 3.63) is 69.2 Å². The van der Waals surface area contributed by atoms with Crippen LogP contribution in [0, 0.1) is 11.6 Å². The Labute approximate surface area is 119 Å². The molecule has 0 heterocycles. The number of hydrogen-bond acceptors (Lipinski definition) is 1. The minimum atomic E-state index is -1.21. The number of benzene rings is 2. The maximum atomic E-state index is 13.6. The van der Waals surface area contributed by atoms with Crippen molar-refractivity contribution in [1.29, 1.82) is 0 Å². The fraction of sp³-hybridized carbons (Fsp3) is 0.143. The van der Waals surface area contributed by atoms with Gasteiger partial charge in [-0.2, -0.15) is 0 Å². The fourth-order valence-electron chi connectivity index (χ4n) is 1.80. The highest BCUT2D eigenvalue weighted by Crippen LogP contribution is 2.28. The summed E-state index contributed by atoms with van der Waals surface area (Å²) in [5.74, 6) is -1.13. The largest absolute Gasteiger partial charge is 0.388 e. The molecule has 0 bridgehead atoms. The van der Waals surface area contributed by atoms with E-state index < -0.39 is 17.7 Å². The molecular formula is C14H10Cl2F2O. The summed E-state index contributed by atoms with van der Waals surface area (Å²) in [5.41, 5.74) is 0.169. The summed E-state index contributed by atoms with van der Waals surface area (Å²) in [5, 5.41) is 10.5. The molecule has 5 heteroatoms. The zero-order valence-corrected chi connectivity index (χ0v) is 11.2. The molecular weight excluding hydrogens is 293 g/mol. The Morgan fingerprint density at radius 3 is 2.47 bits per heavy atom. The van der Waals surface area contributed by atoms with Gasteiger partial charge in [0.25, 0.3) is 0 Å². The minimum absolute atomic E-state index is 0.0202. The average molecular weight is 303 g/mol. The van der Waals surface area contributed by atoms with Crippen molar-refractivity contribution in [2.45, 2.75) is 12.5 Å². The van der Waals surface area contributed by atoms with E-state index in [1.165, 1.54) is 30.3 Å². The Bertz CT molecular complexity index is 582. The Morgan fingerprint density at radius 2 is 1.79 bits per heavy atom. The molecule has 0 saturated carbocycles. The molecule has 0 radical (unpaired) electrons. The molecule has 0 spiro atoms. The van der Waals surface area contributed by atoms with Crippen LogP contribution in [-0.4, -0.2) is 5.11 Å². The standard InChI is InChI=1S/C14H10Cl2F2O/c15-8-4-5-13(18)10(6-8)14(19)7-9-11(16)2-1-3-12(9)17/h1-6,14,19H,7H2. The molecule has 1 atom stereocenters. The van der Waals surface area contributed by atoms with E-state index in [0.29, 0.717) is 5.02 Å². The van der Waals surface area contributed by atoms with Gasteiger partial charge in [0, 0.05) is 27.6 Å². The van der Waals surface area contributed by atoms with Crippen LogP contribution < -0.4 is 0 Å². The molecule has 0 fully saturated rings. The van der Waals surface area contributed by atoms with E-state index in [4.69, 9.17) is 23.2 Å². The van der Waals surface area contributed by atoms with Crippen molar-refractivity contribution >= 4 is 23.2 Å². The summed E-state index contributed by atoms with van der Waals surface area (Å²) >= 11 is 11.6. The van der Waals surface area contributed by atoms with Crippen LogP contribution in [-0.2, 0) is 6.42 Å². The van der Waals surface area contributed by atoms with E-state index in [2.05, 4.69) is 0 Å². The highest BCUT2D eigenvalue weighted by Gasteiger charge is 2.17. The van der Waals surface area contributed by atoms with Crippen LogP contribution in [0.15, 0.2) is 36.4 Å². The third-order valence-corrected chi connectivity index (χ3v) is 3.37. The monoisotopic (exact) mass is 302 g/mol. The number of hydrogen-bond donors (Lipinski definition) is 1. The second-order valence-electron chi connectivity index (χ2n) is 4.09. The van der Waals surface area contributed by atoms with Crippen LogP contribution in [0.3, 0.4) is 0 Å². The molecule has 2 aromatic carbocycles. The molecule has 1 N–H and O–H groups in total. The van der Waals surface area contributed by atoms with Gasteiger partial charge in [-0.3, -0.25) is 0 Å². The van der Waals surface area contributed by atoms with Crippen LogP contribution in [0.2, 0.25) is 10.0 Å². The third-order valence-electron chi connectivity index (χ3n) is 2.78. The number of rotatable bonds is 3. The maximum absolute atomic E-state index is 13.6. The van der Waals surface area contributed by atoms with Crippen LogP contribution >= 0.6 is 23.2 Å². The highest BCUT2D eigenvalue weighted by atomic mass is 35.5. The van der Waals surface area contributed by atoms with Gasteiger partial charge in [0.1, 0.15) is 11.6 Å². The van der Waals surface area contributed by atoms with Gasteiger partial charge >= 0.3 is 0 Å². The van der Waals surface area contributed by atoms with Gasteiger partial charge in [0.15, 0.2) is 0 Å². The summed E-state index contributed by atoms with van der Waals surface area (Å²) in [6.45, 7) is 0. The molecule has 1 unspecified atom stereocenters. The first-order valence-corrected chi connectivity index (χ1v) is 6.30. The predicted octanol–water partition coefficient (Wildman–Crippen LogP) is 4.55. The average Bonchev–Trinajstić information content (AvgIpc) is 2.37. The van der Waals surface area contributed by atoms with Gasteiger partial charge in [0.2, 0.25) is 0 Å². The van der Waals surface area contributed by atoms with Crippen molar-refractivity contribution in [1.82, 2.24) is 0 Å². The number of halogens is 4. The van der Waals surface area contributed by atoms with Crippen molar-refractivity contribution in [2.75, 3.05) is 0 Å². The topological polar surface area (TPSA) is 20.2 Å². The molecule has 100 valence electrons. The first-order chi connectivity index (χ1) is 8.99. The predicted molar refractivity (Wildman–Crippen MR) is 71.5 cm³/mol. The lowest BCUT2D eigenvalue weighted by atomic mass is 10.0. The second-order valence-corrected chi connectivity index (χ2v) is 4.93.